The Morgan fingerprint density at radius 1 is 1.50 bits per heavy atom. The molecule has 2 rings (SSSR count). The van der Waals surface area contributed by atoms with E-state index in [2.05, 4.69) is 5.32 Å². The summed E-state index contributed by atoms with van der Waals surface area (Å²) in [5.74, 6) is 0.707. The second-order valence-electron chi connectivity index (χ2n) is 5.88. The SMILES string of the molecule is CCN(C[C@H]1CCOC1)C(=O)Nc1ccc(C)c(OCC(F)F)c1. The number of halogens is 2. The third-order valence-corrected chi connectivity index (χ3v) is 3.98. The van der Waals surface area contributed by atoms with Gasteiger partial charge >= 0.3 is 6.03 Å². The highest BCUT2D eigenvalue weighted by Gasteiger charge is 2.21. The van der Waals surface area contributed by atoms with Gasteiger partial charge in [-0.05, 0) is 31.9 Å². The van der Waals surface area contributed by atoms with Crippen molar-refractivity contribution in [2.45, 2.75) is 26.7 Å². The number of ether oxygens (including phenoxy) is 2. The second kappa shape index (κ2) is 8.82. The molecule has 1 aromatic carbocycles. The van der Waals surface area contributed by atoms with Crippen LogP contribution in [0.4, 0.5) is 19.3 Å². The lowest BCUT2D eigenvalue weighted by atomic mass is 10.1. The Hall–Kier alpha value is -1.89. The van der Waals surface area contributed by atoms with Gasteiger partial charge in [-0.15, -0.1) is 0 Å². The number of anilines is 1. The van der Waals surface area contributed by atoms with Gasteiger partial charge in [0.2, 0.25) is 0 Å². The normalized spacial score (nSPS) is 17.1. The molecule has 1 fully saturated rings. The molecular formula is C17H24F2N2O3. The van der Waals surface area contributed by atoms with Crippen LogP contribution in [0.1, 0.15) is 18.9 Å². The fourth-order valence-electron chi connectivity index (χ4n) is 2.58. The molecule has 0 radical (unpaired) electrons. The van der Waals surface area contributed by atoms with Crippen LogP contribution in [0.15, 0.2) is 18.2 Å². The Labute approximate surface area is 140 Å². The topological polar surface area (TPSA) is 50.8 Å². The number of carbonyl (C=O) groups is 1. The third kappa shape index (κ3) is 5.33. The first kappa shape index (κ1) is 18.4. The van der Waals surface area contributed by atoms with Gasteiger partial charge in [-0.2, -0.15) is 0 Å². The molecule has 1 aromatic rings. The Morgan fingerprint density at radius 3 is 2.92 bits per heavy atom. The first-order chi connectivity index (χ1) is 11.5. The number of aryl methyl sites for hydroxylation is 1. The van der Waals surface area contributed by atoms with Gasteiger partial charge < -0.3 is 19.7 Å². The number of benzene rings is 1. The van der Waals surface area contributed by atoms with E-state index >= 15 is 0 Å². The molecule has 1 heterocycles. The van der Waals surface area contributed by atoms with E-state index in [0.29, 0.717) is 37.1 Å². The van der Waals surface area contributed by atoms with Crippen molar-refractivity contribution in [2.24, 2.45) is 5.92 Å². The smallest absolute Gasteiger partial charge is 0.321 e. The summed E-state index contributed by atoms with van der Waals surface area (Å²) in [6.07, 6.45) is -1.58. The fraction of sp³-hybridized carbons (Fsp3) is 0.588. The van der Waals surface area contributed by atoms with Gasteiger partial charge in [0.05, 0.1) is 6.61 Å². The monoisotopic (exact) mass is 342 g/mol. The highest BCUT2D eigenvalue weighted by Crippen LogP contribution is 2.23. The van der Waals surface area contributed by atoms with E-state index in [0.717, 1.165) is 18.6 Å². The molecule has 24 heavy (non-hydrogen) atoms. The zero-order valence-electron chi connectivity index (χ0n) is 14.1. The number of urea groups is 1. The maximum Gasteiger partial charge on any atom is 0.321 e. The number of alkyl halides is 2. The van der Waals surface area contributed by atoms with Crippen molar-refractivity contribution in [1.29, 1.82) is 0 Å². The van der Waals surface area contributed by atoms with E-state index in [1.807, 2.05) is 6.92 Å². The molecule has 0 unspecified atom stereocenters. The predicted molar refractivity (Wildman–Crippen MR) is 87.9 cm³/mol. The minimum absolute atomic E-state index is 0.215. The molecule has 0 bridgehead atoms. The van der Waals surface area contributed by atoms with E-state index in [-0.39, 0.29) is 6.03 Å². The molecule has 1 aliphatic rings. The Balaban J connectivity index is 1.97. The first-order valence-electron chi connectivity index (χ1n) is 8.14. The van der Waals surface area contributed by atoms with E-state index in [4.69, 9.17) is 9.47 Å². The third-order valence-electron chi connectivity index (χ3n) is 3.98. The number of hydrogen-bond donors (Lipinski definition) is 1. The summed E-state index contributed by atoms with van der Waals surface area (Å²) in [5, 5.41) is 2.80. The number of amides is 2. The Kier molecular flexibility index (Phi) is 6.78. The highest BCUT2D eigenvalue weighted by molar-refractivity contribution is 5.89. The zero-order chi connectivity index (χ0) is 17.5. The molecular weight excluding hydrogens is 318 g/mol. The summed E-state index contributed by atoms with van der Waals surface area (Å²) >= 11 is 0. The lowest BCUT2D eigenvalue weighted by Crippen LogP contribution is -2.38. The van der Waals surface area contributed by atoms with Crippen molar-refractivity contribution in [1.82, 2.24) is 4.90 Å². The van der Waals surface area contributed by atoms with Gasteiger partial charge in [0, 0.05) is 37.4 Å². The standard InChI is InChI=1S/C17H24F2N2O3/c1-3-21(9-13-6-7-23-10-13)17(22)20-14-5-4-12(2)15(8-14)24-11-16(18)19/h4-5,8,13,16H,3,6-7,9-11H2,1-2H3,(H,20,22)/t13-/m1/s1. The average molecular weight is 342 g/mol. The second-order valence-corrected chi connectivity index (χ2v) is 5.88. The molecule has 1 saturated heterocycles. The molecule has 5 nitrogen and oxygen atoms in total. The molecule has 2 amide bonds. The van der Waals surface area contributed by atoms with E-state index < -0.39 is 13.0 Å². The Bertz CT molecular complexity index is 549. The van der Waals surface area contributed by atoms with Crippen molar-refractivity contribution in [3.05, 3.63) is 23.8 Å². The van der Waals surface area contributed by atoms with Crippen LogP contribution in [-0.4, -0.2) is 50.3 Å². The van der Waals surface area contributed by atoms with Crippen molar-refractivity contribution >= 4 is 11.7 Å². The molecule has 1 N–H and O–H groups in total. The summed E-state index contributed by atoms with van der Waals surface area (Å²) < 4.78 is 35.0. The fourth-order valence-corrected chi connectivity index (χ4v) is 2.58. The van der Waals surface area contributed by atoms with E-state index in [1.165, 1.54) is 0 Å². The van der Waals surface area contributed by atoms with E-state index in [1.54, 1.807) is 30.0 Å². The van der Waals surface area contributed by atoms with Crippen LogP contribution >= 0.6 is 0 Å². The highest BCUT2D eigenvalue weighted by atomic mass is 19.3. The van der Waals surface area contributed by atoms with Gasteiger partial charge in [0.1, 0.15) is 12.4 Å². The van der Waals surface area contributed by atoms with Crippen molar-refractivity contribution in [3.63, 3.8) is 0 Å². The van der Waals surface area contributed by atoms with Crippen molar-refractivity contribution in [3.8, 4) is 5.75 Å². The molecule has 1 aliphatic heterocycles. The molecule has 1 atom stereocenters. The zero-order valence-corrected chi connectivity index (χ0v) is 14.1. The molecule has 0 saturated carbocycles. The lowest BCUT2D eigenvalue weighted by molar-refractivity contribution is 0.0816. The van der Waals surface area contributed by atoms with Gasteiger partial charge in [0.25, 0.3) is 6.43 Å². The summed E-state index contributed by atoms with van der Waals surface area (Å²) in [7, 11) is 0. The summed E-state index contributed by atoms with van der Waals surface area (Å²) in [4.78, 5) is 14.1. The maximum atomic E-state index is 12.4. The van der Waals surface area contributed by atoms with Gasteiger partial charge in [-0.25, -0.2) is 13.6 Å². The molecule has 7 heteroatoms. The molecule has 0 aliphatic carbocycles. The number of hydrogen-bond acceptors (Lipinski definition) is 3. The van der Waals surface area contributed by atoms with Crippen molar-refractivity contribution in [2.75, 3.05) is 38.2 Å². The van der Waals surface area contributed by atoms with Crippen LogP contribution in [0.3, 0.4) is 0 Å². The number of nitrogens with zero attached hydrogens (tertiary/aromatic N) is 1. The summed E-state index contributed by atoms with van der Waals surface area (Å²) in [6, 6.07) is 4.82. The van der Waals surface area contributed by atoms with Crippen LogP contribution in [0, 0.1) is 12.8 Å². The van der Waals surface area contributed by atoms with Crippen LogP contribution in [0.25, 0.3) is 0 Å². The molecule has 0 aromatic heterocycles. The van der Waals surface area contributed by atoms with Crippen LogP contribution in [0.5, 0.6) is 5.75 Å². The van der Waals surface area contributed by atoms with Crippen LogP contribution in [-0.2, 0) is 4.74 Å². The first-order valence-corrected chi connectivity index (χ1v) is 8.14. The number of nitrogens with one attached hydrogen (secondary N) is 1. The van der Waals surface area contributed by atoms with E-state index in [9.17, 15) is 13.6 Å². The predicted octanol–water partition coefficient (Wildman–Crippen LogP) is 3.53. The summed E-state index contributed by atoms with van der Waals surface area (Å²) in [6.45, 7) is 5.67. The Morgan fingerprint density at radius 2 is 2.29 bits per heavy atom. The quantitative estimate of drug-likeness (QED) is 0.825. The number of carbonyl (C=O) groups excluding carboxylic acids is 1. The van der Waals surface area contributed by atoms with Crippen LogP contribution in [0.2, 0.25) is 0 Å². The summed E-state index contributed by atoms with van der Waals surface area (Å²) in [5.41, 5.74) is 1.26. The van der Waals surface area contributed by atoms with Gasteiger partial charge in [0.15, 0.2) is 0 Å². The average Bonchev–Trinajstić information content (AvgIpc) is 3.06. The lowest BCUT2D eigenvalue weighted by Gasteiger charge is -2.24. The minimum Gasteiger partial charge on any atom is -0.487 e. The van der Waals surface area contributed by atoms with Gasteiger partial charge in [-0.1, -0.05) is 6.07 Å². The van der Waals surface area contributed by atoms with Crippen molar-refractivity contribution < 1.29 is 23.0 Å². The van der Waals surface area contributed by atoms with Crippen LogP contribution < -0.4 is 10.1 Å². The largest absolute Gasteiger partial charge is 0.487 e. The number of rotatable bonds is 7. The minimum atomic E-state index is -2.54. The van der Waals surface area contributed by atoms with Gasteiger partial charge in [-0.3, -0.25) is 0 Å². The molecule has 134 valence electrons. The molecule has 0 spiro atoms. The maximum absolute atomic E-state index is 12.4.